The van der Waals surface area contributed by atoms with Crippen molar-refractivity contribution >= 4 is 11.4 Å². The number of methoxy groups -OCH3 is 1. The standard InChI is InChI=1S/C23H19N5O3/c1-13(29)18-14(2)31-23-20(19(18)15-7-9-16(30-3)10-8-15)22-26-21(27-28(22)12-25-23)17-6-4-5-11-24-17/h4-12,19H,1-3H3/t19-/m0/s1. The lowest BCUT2D eigenvalue weighted by atomic mass is 9.82. The number of benzene rings is 1. The van der Waals surface area contributed by atoms with Crippen LogP contribution in [0.25, 0.3) is 17.2 Å². The Bertz CT molecular complexity index is 1330. The van der Waals surface area contributed by atoms with Gasteiger partial charge in [-0.05, 0) is 43.7 Å². The number of hydrogen-bond donors (Lipinski definition) is 0. The fourth-order valence-corrected chi connectivity index (χ4v) is 3.93. The number of ketones is 1. The molecule has 3 aromatic heterocycles. The first-order chi connectivity index (χ1) is 15.1. The monoisotopic (exact) mass is 413 g/mol. The highest BCUT2D eigenvalue weighted by molar-refractivity contribution is 5.97. The number of Topliss-reactive ketones (excluding diaryl/α,β-unsaturated/α-hetero) is 1. The number of ether oxygens (including phenoxy) is 2. The molecule has 0 amide bonds. The smallest absolute Gasteiger partial charge is 0.228 e. The predicted molar refractivity (Wildman–Crippen MR) is 113 cm³/mol. The van der Waals surface area contributed by atoms with Crippen LogP contribution in [0, 0.1) is 0 Å². The maximum absolute atomic E-state index is 12.7. The lowest BCUT2D eigenvalue weighted by Gasteiger charge is -2.28. The Labute approximate surface area is 178 Å². The van der Waals surface area contributed by atoms with Crippen molar-refractivity contribution in [2.45, 2.75) is 19.8 Å². The molecule has 1 aliphatic heterocycles. The van der Waals surface area contributed by atoms with Crippen molar-refractivity contribution in [3.05, 3.63) is 77.4 Å². The van der Waals surface area contributed by atoms with Gasteiger partial charge in [0.05, 0.1) is 12.7 Å². The average molecular weight is 413 g/mol. The SMILES string of the molecule is COc1ccc([C@H]2C(C(C)=O)=C(C)Oc3ncn4nc(-c5ccccn5)nc4c32)cc1. The molecule has 4 heterocycles. The lowest BCUT2D eigenvalue weighted by molar-refractivity contribution is -0.114. The first-order valence-corrected chi connectivity index (χ1v) is 9.77. The van der Waals surface area contributed by atoms with E-state index in [4.69, 9.17) is 14.5 Å². The van der Waals surface area contributed by atoms with Gasteiger partial charge < -0.3 is 9.47 Å². The molecule has 0 saturated carbocycles. The summed E-state index contributed by atoms with van der Waals surface area (Å²) in [6, 6.07) is 13.2. The molecule has 4 aromatic rings. The van der Waals surface area contributed by atoms with Gasteiger partial charge in [0.15, 0.2) is 11.4 Å². The fraction of sp³-hybridized carbons (Fsp3) is 0.174. The van der Waals surface area contributed by atoms with E-state index in [1.807, 2.05) is 42.5 Å². The van der Waals surface area contributed by atoms with Gasteiger partial charge in [-0.15, -0.1) is 5.10 Å². The maximum atomic E-state index is 12.7. The molecular weight excluding hydrogens is 394 g/mol. The number of nitrogens with zero attached hydrogens (tertiary/aromatic N) is 5. The number of carbonyl (C=O) groups is 1. The van der Waals surface area contributed by atoms with Gasteiger partial charge in [-0.2, -0.15) is 0 Å². The van der Waals surface area contributed by atoms with Crippen LogP contribution >= 0.6 is 0 Å². The minimum atomic E-state index is -0.399. The van der Waals surface area contributed by atoms with E-state index in [0.717, 1.165) is 11.3 Å². The van der Waals surface area contributed by atoms with Crippen LogP contribution in [0.1, 0.15) is 30.9 Å². The number of hydrogen-bond acceptors (Lipinski definition) is 7. The third kappa shape index (κ3) is 3.13. The van der Waals surface area contributed by atoms with Crippen LogP contribution in [-0.2, 0) is 4.79 Å². The zero-order valence-corrected chi connectivity index (χ0v) is 17.2. The van der Waals surface area contributed by atoms with Gasteiger partial charge in [-0.25, -0.2) is 14.5 Å². The highest BCUT2D eigenvalue weighted by Crippen LogP contribution is 2.44. The van der Waals surface area contributed by atoms with Crippen molar-refractivity contribution in [2.75, 3.05) is 7.11 Å². The van der Waals surface area contributed by atoms with E-state index >= 15 is 0 Å². The van der Waals surface area contributed by atoms with Gasteiger partial charge in [-0.3, -0.25) is 9.78 Å². The average Bonchev–Trinajstić information content (AvgIpc) is 3.23. The fourth-order valence-electron chi connectivity index (χ4n) is 3.93. The number of pyridine rings is 1. The van der Waals surface area contributed by atoms with E-state index in [1.165, 1.54) is 0 Å². The largest absolute Gasteiger partial charge is 0.497 e. The second-order valence-corrected chi connectivity index (χ2v) is 7.22. The molecule has 1 atom stereocenters. The van der Waals surface area contributed by atoms with Crippen molar-refractivity contribution in [3.8, 4) is 23.1 Å². The van der Waals surface area contributed by atoms with Crippen LogP contribution in [-0.4, -0.2) is 37.5 Å². The van der Waals surface area contributed by atoms with Crippen molar-refractivity contribution in [3.63, 3.8) is 0 Å². The van der Waals surface area contributed by atoms with E-state index in [2.05, 4.69) is 15.1 Å². The molecule has 0 N–H and O–H groups in total. The van der Waals surface area contributed by atoms with E-state index < -0.39 is 5.92 Å². The van der Waals surface area contributed by atoms with Gasteiger partial charge in [0.2, 0.25) is 11.7 Å². The van der Waals surface area contributed by atoms with Crippen molar-refractivity contribution in [2.24, 2.45) is 0 Å². The highest BCUT2D eigenvalue weighted by atomic mass is 16.5. The topological polar surface area (TPSA) is 91.5 Å². The Kier molecular flexibility index (Phi) is 4.47. The molecule has 8 heteroatoms. The van der Waals surface area contributed by atoms with Crippen molar-refractivity contribution < 1.29 is 14.3 Å². The zero-order chi connectivity index (χ0) is 21.5. The third-order valence-electron chi connectivity index (χ3n) is 5.32. The third-order valence-corrected chi connectivity index (χ3v) is 5.32. The molecule has 0 spiro atoms. The minimum absolute atomic E-state index is 0.0737. The quantitative estimate of drug-likeness (QED) is 0.505. The number of carbonyl (C=O) groups excluding carboxylic acids is 1. The summed E-state index contributed by atoms with van der Waals surface area (Å²) in [6.45, 7) is 3.33. The molecule has 0 radical (unpaired) electrons. The Morgan fingerprint density at radius 3 is 2.61 bits per heavy atom. The molecule has 0 unspecified atom stereocenters. The molecule has 1 aromatic carbocycles. The van der Waals surface area contributed by atoms with Crippen molar-refractivity contribution in [1.29, 1.82) is 0 Å². The van der Waals surface area contributed by atoms with E-state index in [-0.39, 0.29) is 5.78 Å². The van der Waals surface area contributed by atoms with E-state index in [1.54, 1.807) is 38.0 Å². The maximum Gasteiger partial charge on any atom is 0.228 e. The van der Waals surface area contributed by atoms with Gasteiger partial charge >= 0.3 is 0 Å². The van der Waals surface area contributed by atoms with E-state index in [9.17, 15) is 4.79 Å². The number of fused-ring (bicyclic) bond motifs is 3. The number of rotatable bonds is 4. The first-order valence-electron chi connectivity index (χ1n) is 9.77. The molecule has 1 aliphatic rings. The molecule has 0 fully saturated rings. The summed E-state index contributed by atoms with van der Waals surface area (Å²) in [5.41, 5.74) is 3.38. The van der Waals surface area contributed by atoms with Crippen LogP contribution < -0.4 is 9.47 Å². The summed E-state index contributed by atoms with van der Waals surface area (Å²) in [6.07, 6.45) is 3.25. The van der Waals surface area contributed by atoms with Crippen LogP contribution in [0.5, 0.6) is 11.6 Å². The number of aromatic nitrogens is 5. The van der Waals surface area contributed by atoms with Gasteiger partial charge in [0.1, 0.15) is 23.5 Å². The summed E-state index contributed by atoms with van der Waals surface area (Å²) < 4.78 is 12.8. The van der Waals surface area contributed by atoms with Crippen LogP contribution in [0.3, 0.4) is 0 Å². The number of allylic oxidation sites excluding steroid dienone is 2. The zero-order valence-electron chi connectivity index (χ0n) is 17.2. The summed E-state index contributed by atoms with van der Waals surface area (Å²) >= 11 is 0. The summed E-state index contributed by atoms with van der Waals surface area (Å²) in [4.78, 5) is 26.2. The molecule has 8 nitrogen and oxygen atoms in total. The van der Waals surface area contributed by atoms with Crippen LogP contribution in [0.2, 0.25) is 0 Å². The molecular formula is C23H19N5O3. The highest BCUT2D eigenvalue weighted by Gasteiger charge is 2.36. The summed E-state index contributed by atoms with van der Waals surface area (Å²) in [7, 11) is 1.62. The molecule has 154 valence electrons. The van der Waals surface area contributed by atoms with Gasteiger partial charge in [0.25, 0.3) is 0 Å². The Morgan fingerprint density at radius 1 is 1.13 bits per heavy atom. The van der Waals surface area contributed by atoms with E-state index in [0.29, 0.717) is 39.9 Å². The second kappa shape index (κ2) is 7.32. The summed E-state index contributed by atoms with van der Waals surface area (Å²) in [5, 5.41) is 4.54. The molecule has 5 rings (SSSR count). The molecule has 0 aliphatic carbocycles. The summed E-state index contributed by atoms with van der Waals surface area (Å²) in [5.74, 6) is 1.68. The van der Waals surface area contributed by atoms with Crippen LogP contribution in [0.15, 0.2) is 66.3 Å². The molecule has 0 bridgehead atoms. The van der Waals surface area contributed by atoms with Crippen molar-refractivity contribution in [1.82, 2.24) is 24.6 Å². The van der Waals surface area contributed by atoms with Gasteiger partial charge in [0, 0.05) is 17.7 Å². The minimum Gasteiger partial charge on any atom is -0.497 e. The molecule has 31 heavy (non-hydrogen) atoms. The second-order valence-electron chi connectivity index (χ2n) is 7.22. The Hall–Kier alpha value is -4.07. The predicted octanol–water partition coefficient (Wildman–Crippen LogP) is 3.58. The van der Waals surface area contributed by atoms with Crippen LogP contribution in [0.4, 0.5) is 0 Å². The Morgan fingerprint density at radius 2 is 1.94 bits per heavy atom. The first kappa shape index (κ1) is 18.9. The lowest BCUT2D eigenvalue weighted by Crippen LogP contribution is -2.22. The normalized spacial score (nSPS) is 15.5. The Balaban J connectivity index is 1.76. The molecule has 0 saturated heterocycles. The van der Waals surface area contributed by atoms with Gasteiger partial charge in [-0.1, -0.05) is 18.2 Å².